The average molecular weight is 724 g/mol. The van der Waals surface area contributed by atoms with Crippen LogP contribution in [0.3, 0.4) is 0 Å². The molecule has 0 radical (unpaired) electrons. The molecule has 18 heteroatoms. The number of fused-ring (bicyclic) bond motifs is 2. The van der Waals surface area contributed by atoms with E-state index < -0.39 is 12.8 Å². The molecule has 1 aliphatic carbocycles. The van der Waals surface area contributed by atoms with Gasteiger partial charge in [-0.25, -0.2) is 14.6 Å². The van der Waals surface area contributed by atoms with Crippen LogP contribution in [0.2, 0.25) is 0 Å². The maximum Gasteiger partial charge on any atom is 0.411 e. The van der Waals surface area contributed by atoms with Gasteiger partial charge in [0, 0.05) is 36.1 Å². The first kappa shape index (κ1) is 35.5. The first-order valence-electron chi connectivity index (χ1n) is 17.4. The molecule has 0 spiro atoms. The minimum Gasteiger partial charge on any atom is -0.487 e. The van der Waals surface area contributed by atoms with Gasteiger partial charge in [-0.1, -0.05) is 6.07 Å². The number of aromatic nitrogens is 8. The molecule has 1 unspecified atom stereocenters. The van der Waals surface area contributed by atoms with E-state index in [1.807, 2.05) is 17.8 Å². The van der Waals surface area contributed by atoms with E-state index in [1.165, 1.54) is 19.2 Å². The minimum absolute atomic E-state index is 0.119. The molecular formula is C34H40F3N11O4. The molecule has 2 saturated heterocycles. The van der Waals surface area contributed by atoms with Crippen LogP contribution in [0.15, 0.2) is 43.1 Å². The number of nitriles is 1. The molecule has 3 aromatic heterocycles. The van der Waals surface area contributed by atoms with Crippen LogP contribution in [0.4, 0.5) is 24.8 Å². The zero-order valence-corrected chi connectivity index (χ0v) is 28.7. The van der Waals surface area contributed by atoms with Crippen LogP contribution in [-0.4, -0.2) is 108 Å². The van der Waals surface area contributed by atoms with Gasteiger partial charge in [0.15, 0.2) is 0 Å². The van der Waals surface area contributed by atoms with Gasteiger partial charge in [0.05, 0.1) is 44.2 Å². The molecule has 276 valence electrons. The smallest absolute Gasteiger partial charge is 0.411 e. The SMILES string of the molecule is CC(Cn1cnnn1)Oc1cc(-c2cnc(Nc3cn(C4CCC(N5[C@@H]6CC[C@H]5COC6)CC4)nc3OCCOCC(F)(F)F)nc2)ccc1C#N. The predicted octanol–water partition coefficient (Wildman–Crippen LogP) is 4.71. The third kappa shape index (κ3) is 8.60. The van der Waals surface area contributed by atoms with Gasteiger partial charge < -0.3 is 24.3 Å². The lowest BCUT2D eigenvalue weighted by molar-refractivity contribution is -0.175. The summed E-state index contributed by atoms with van der Waals surface area (Å²) in [4.78, 5) is 11.7. The molecule has 15 nitrogen and oxygen atoms in total. The number of morpholine rings is 1. The van der Waals surface area contributed by atoms with Crippen LogP contribution < -0.4 is 14.8 Å². The highest BCUT2D eigenvalue weighted by molar-refractivity contribution is 5.67. The number of benzene rings is 1. The molecule has 4 aromatic rings. The zero-order valence-electron chi connectivity index (χ0n) is 28.7. The van der Waals surface area contributed by atoms with E-state index in [0.717, 1.165) is 44.5 Å². The van der Waals surface area contributed by atoms with Gasteiger partial charge in [0.25, 0.3) is 5.88 Å². The van der Waals surface area contributed by atoms with Crippen LogP contribution in [0.25, 0.3) is 11.1 Å². The Labute approximate surface area is 298 Å². The summed E-state index contributed by atoms with van der Waals surface area (Å²) in [5.41, 5.74) is 2.29. The molecule has 5 heterocycles. The van der Waals surface area contributed by atoms with E-state index in [2.05, 4.69) is 41.8 Å². The van der Waals surface area contributed by atoms with Crippen molar-refractivity contribution in [1.82, 2.24) is 44.9 Å². The van der Waals surface area contributed by atoms with Crippen LogP contribution >= 0.6 is 0 Å². The molecular weight excluding hydrogens is 683 g/mol. The Morgan fingerprint density at radius 3 is 2.42 bits per heavy atom. The number of nitrogens with zero attached hydrogens (tertiary/aromatic N) is 10. The van der Waals surface area contributed by atoms with Crippen LogP contribution in [-0.2, 0) is 16.0 Å². The molecule has 7 rings (SSSR count). The first-order chi connectivity index (χ1) is 25.2. The number of rotatable bonds is 14. The Morgan fingerprint density at radius 2 is 1.73 bits per heavy atom. The van der Waals surface area contributed by atoms with Gasteiger partial charge in [0.1, 0.15) is 43.2 Å². The molecule has 3 aliphatic rings. The van der Waals surface area contributed by atoms with Gasteiger partial charge in [-0.05, 0) is 73.6 Å². The van der Waals surface area contributed by atoms with Gasteiger partial charge in [-0.3, -0.25) is 9.58 Å². The zero-order chi connectivity index (χ0) is 36.1. The van der Waals surface area contributed by atoms with Gasteiger partial charge >= 0.3 is 6.18 Å². The number of nitrogens with one attached hydrogen (secondary N) is 1. The van der Waals surface area contributed by atoms with E-state index in [4.69, 9.17) is 24.0 Å². The lowest BCUT2D eigenvalue weighted by Crippen LogP contribution is -2.52. The molecule has 1 N–H and O–H groups in total. The number of anilines is 2. The van der Waals surface area contributed by atoms with Gasteiger partial charge in [-0.15, -0.1) is 10.2 Å². The Kier molecular flexibility index (Phi) is 10.8. The van der Waals surface area contributed by atoms with Crippen molar-refractivity contribution < 1.29 is 32.1 Å². The molecule has 0 amide bonds. The summed E-state index contributed by atoms with van der Waals surface area (Å²) in [7, 11) is 0. The average Bonchev–Trinajstić information content (AvgIpc) is 3.86. The van der Waals surface area contributed by atoms with Gasteiger partial charge in [-0.2, -0.15) is 18.4 Å². The van der Waals surface area contributed by atoms with Crippen molar-refractivity contribution in [2.75, 3.05) is 38.4 Å². The molecule has 1 aromatic carbocycles. The van der Waals surface area contributed by atoms with E-state index in [9.17, 15) is 18.4 Å². The summed E-state index contributed by atoms with van der Waals surface area (Å²) in [5.74, 6) is 0.900. The fraction of sp³-hybridized carbons (Fsp3) is 0.559. The van der Waals surface area contributed by atoms with Crippen molar-refractivity contribution in [2.45, 2.75) is 88.4 Å². The summed E-state index contributed by atoms with van der Waals surface area (Å²) in [6.07, 6.45) is 8.23. The van der Waals surface area contributed by atoms with Crippen molar-refractivity contribution in [3.05, 3.63) is 48.7 Å². The Hall–Kier alpha value is -4.86. The Morgan fingerprint density at radius 1 is 1.00 bits per heavy atom. The number of halogens is 3. The molecule has 52 heavy (non-hydrogen) atoms. The second-order valence-corrected chi connectivity index (χ2v) is 13.4. The van der Waals surface area contributed by atoms with Crippen LogP contribution in [0.5, 0.6) is 11.6 Å². The summed E-state index contributed by atoms with van der Waals surface area (Å²) in [6, 6.07) is 9.07. The normalized spacial score (nSPS) is 22.5. The quantitative estimate of drug-likeness (QED) is 0.178. The van der Waals surface area contributed by atoms with Crippen molar-refractivity contribution >= 4 is 11.6 Å². The number of ether oxygens (including phenoxy) is 4. The monoisotopic (exact) mass is 723 g/mol. The number of tetrazole rings is 1. The van der Waals surface area contributed by atoms with Crippen molar-refractivity contribution in [2.24, 2.45) is 0 Å². The molecule has 1 saturated carbocycles. The van der Waals surface area contributed by atoms with Crippen LogP contribution in [0, 0.1) is 11.3 Å². The second-order valence-electron chi connectivity index (χ2n) is 13.4. The highest BCUT2D eigenvalue weighted by Gasteiger charge is 2.42. The third-order valence-electron chi connectivity index (χ3n) is 9.69. The lowest BCUT2D eigenvalue weighted by Gasteiger charge is -2.43. The van der Waals surface area contributed by atoms with E-state index in [0.29, 0.717) is 47.2 Å². The fourth-order valence-electron chi connectivity index (χ4n) is 7.35. The standard InChI is InChI=1S/C34H40F3N11O4/c1-22(16-46-21-41-44-45-46)52-31-12-23(2-3-24(31)13-38)25-14-39-33(40-15-25)42-30-17-47(43-32(30)51-11-10-49-20-34(35,36)37)26-4-6-27(7-5-26)48-28-8-9-29(48)19-50-18-28/h2-3,12,14-15,17,21-22,26-29H,4-11,16,18-20H2,1H3,(H,39,40,42)/t22?,26?,27?,28-,29+. The largest absolute Gasteiger partial charge is 0.487 e. The predicted molar refractivity (Wildman–Crippen MR) is 179 cm³/mol. The Balaban J connectivity index is 1.03. The van der Waals surface area contributed by atoms with E-state index >= 15 is 0 Å². The summed E-state index contributed by atoms with van der Waals surface area (Å²) < 4.78 is 63.6. The number of alkyl halides is 3. The summed E-state index contributed by atoms with van der Waals surface area (Å²) >= 11 is 0. The Bertz CT molecular complexity index is 1790. The number of hydrogen-bond donors (Lipinski definition) is 1. The summed E-state index contributed by atoms with van der Waals surface area (Å²) in [5, 5.41) is 28.7. The van der Waals surface area contributed by atoms with Crippen molar-refractivity contribution in [3.63, 3.8) is 0 Å². The van der Waals surface area contributed by atoms with Crippen molar-refractivity contribution in [3.8, 4) is 28.8 Å². The topological polar surface area (TPSA) is 163 Å². The van der Waals surface area contributed by atoms with Crippen LogP contribution in [0.1, 0.15) is 57.1 Å². The molecule has 2 bridgehead atoms. The second kappa shape index (κ2) is 15.8. The fourth-order valence-corrected chi connectivity index (χ4v) is 7.35. The summed E-state index contributed by atoms with van der Waals surface area (Å²) in [6.45, 7) is 2.15. The highest BCUT2D eigenvalue weighted by Crippen LogP contribution is 2.39. The first-order valence-corrected chi connectivity index (χ1v) is 17.4. The molecule has 3 atom stereocenters. The highest BCUT2D eigenvalue weighted by atomic mass is 19.4. The third-order valence-corrected chi connectivity index (χ3v) is 9.69. The van der Waals surface area contributed by atoms with E-state index in [1.54, 1.807) is 35.3 Å². The lowest BCUT2D eigenvalue weighted by atomic mass is 9.89. The van der Waals surface area contributed by atoms with Crippen molar-refractivity contribution in [1.29, 1.82) is 5.26 Å². The molecule has 3 fully saturated rings. The van der Waals surface area contributed by atoms with Gasteiger partial charge in [0.2, 0.25) is 5.95 Å². The molecule has 2 aliphatic heterocycles. The maximum atomic E-state index is 12.6. The minimum atomic E-state index is -4.42. The number of hydrogen-bond acceptors (Lipinski definition) is 13. The maximum absolute atomic E-state index is 12.6. The van der Waals surface area contributed by atoms with E-state index in [-0.39, 0.29) is 37.2 Å².